The predicted octanol–water partition coefficient (Wildman–Crippen LogP) is 4.10. The molecule has 0 atom stereocenters. The Morgan fingerprint density at radius 1 is 1.11 bits per heavy atom. The van der Waals surface area contributed by atoms with Crippen LogP contribution in [0.4, 0.5) is 16.4 Å². The first-order chi connectivity index (χ1) is 13.3. The van der Waals surface area contributed by atoms with Crippen LogP contribution in [0.5, 0.6) is 0 Å². The van der Waals surface area contributed by atoms with Gasteiger partial charge in [0, 0.05) is 24.2 Å². The Kier molecular flexibility index (Phi) is 5.76. The van der Waals surface area contributed by atoms with E-state index in [9.17, 15) is 14.4 Å². The van der Waals surface area contributed by atoms with Crippen molar-refractivity contribution in [2.75, 3.05) is 22.9 Å². The van der Waals surface area contributed by atoms with Crippen LogP contribution >= 0.6 is 23.2 Å². The summed E-state index contributed by atoms with van der Waals surface area (Å²) >= 11 is 12.0. The van der Waals surface area contributed by atoms with Crippen LogP contribution in [0.2, 0.25) is 10.0 Å². The molecule has 1 aromatic carbocycles. The van der Waals surface area contributed by atoms with E-state index in [-0.39, 0.29) is 16.3 Å². The minimum absolute atomic E-state index is 0.103. The van der Waals surface area contributed by atoms with Crippen LogP contribution in [0.25, 0.3) is 6.08 Å². The summed E-state index contributed by atoms with van der Waals surface area (Å²) in [5.74, 6) is -0.679. The highest BCUT2D eigenvalue weighted by molar-refractivity contribution is 6.42. The first kappa shape index (κ1) is 20.0. The van der Waals surface area contributed by atoms with E-state index in [1.165, 1.54) is 24.3 Å². The van der Waals surface area contributed by atoms with Gasteiger partial charge in [-0.25, -0.2) is 9.69 Å². The molecule has 9 heteroatoms. The lowest BCUT2D eigenvalue weighted by molar-refractivity contribution is -0.122. The van der Waals surface area contributed by atoms with E-state index in [1.807, 2.05) is 18.7 Å². The fourth-order valence-corrected chi connectivity index (χ4v) is 3.30. The summed E-state index contributed by atoms with van der Waals surface area (Å²) in [5, 5.41) is 2.59. The topological polar surface area (TPSA) is 82.9 Å². The second-order valence-electron chi connectivity index (χ2n) is 5.90. The number of carbonyl (C=O) groups excluding carboxylic acids is 3. The zero-order valence-corrected chi connectivity index (χ0v) is 16.7. The van der Waals surface area contributed by atoms with Crippen molar-refractivity contribution in [3.05, 3.63) is 51.7 Å². The van der Waals surface area contributed by atoms with Crippen LogP contribution in [0.3, 0.4) is 0 Å². The van der Waals surface area contributed by atoms with Crippen molar-refractivity contribution in [1.82, 2.24) is 5.32 Å². The van der Waals surface area contributed by atoms with Gasteiger partial charge in [0.25, 0.3) is 11.8 Å². The van der Waals surface area contributed by atoms with Crippen LogP contribution in [0.1, 0.15) is 19.6 Å². The lowest BCUT2D eigenvalue weighted by Crippen LogP contribution is -2.54. The van der Waals surface area contributed by atoms with Gasteiger partial charge < -0.3 is 9.32 Å². The van der Waals surface area contributed by atoms with Crippen molar-refractivity contribution in [3.8, 4) is 0 Å². The summed E-state index contributed by atoms with van der Waals surface area (Å²) in [6, 6.07) is 6.84. The number of nitrogens with one attached hydrogen (secondary N) is 1. The molecular weight excluding hydrogens is 405 g/mol. The standard InChI is InChI=1S/C19H17Cl2N3O4/c1-3-23(4-2)16-8-6-12(28-16)10-13-17(25)22-19(27)24(18(13)26)15-7-5-11(20)9-14(15)21/h5-10H,3-4H2,1-2H3,(H,22,25,27)/b13-10+. The highest BCUT2D eigenvalue weighted by Gasteiger charge is 2.38. The number of carbonyl (C=O) groups is 3. The maximum Gasteiger partial charge on any atom is 0.335 e. The third-order valence-electron chi connectivity index (χ3n) is 4.23. The van der Waals surface area contributed by atoms with E-state index in [4.69, 9.17) is 27.6 Å². The number of urea groups is 1. The van der Waals surface area contributed by atoms with E-state index in [0.717, 1.165) is 18.0 Å². The molecule has 2 heterocycles. The van der Waals surface area contributed by atoms with Crippen LogP contribution in [-0.4, -0.2) is 30.9 Å². The number of amides is 4. The summed E-state index contributed by atoms with van der Waals surface area (Å²) in [6.45, 7) is 5.47. The van der Waals surface area contributed by atoms with Crippen LogP contribution < -0.4 is 15.1 Å². The Balaban J connectivity index is 1.97. The zero-order valence-electron chi connectivity index (χ0n) is 15.2. The number of barbiturate groups is 1. The van der Waals surface area contributed by atoms with Gasteiger partial charge in [0.2, 0.25) is 0 Å². The number of rotatable bonds is 5. The molecule has 0 bridgehead atoms. The molecule has 28 heavy (non-hydrogen) atoms. The van der Waals surface area contributed by atoms with Gasteiger partial charge >= 0.3 is 6.03 Å². The van der Waals surface area contributed by atoms with E-state index < -0.39 is 17.8 Å². The van der Waals surface area contributed by atoms with Gasteiger partial charge in [-0.2, -0.15) is 0 Å². The number of nitrogens with zero attached hydrogens (tertiary/aromatic N) is 2. The van der Waals surface area contributed by atoms with Gasteiger partial charge in [0.1, 0.15) is 11.3 Å². The average Bonchev–Trinajstić information content (AvgIpc) is 3.10. The molecule has 1 N–H and O–H groups in total. The lowest BCUT2D eigenvalue weighted by atomic mass is 10.1. The van der Waals surface area contributed by atoms with Gasteiger partial charge in [-0.1, -0.05) is 23.2 Å². The zero-order chi connectivity index (χ0) is 20.4. The SMILES string of the molecule is CCN(CC)c1ccc(/C=C2\C(=O)NC(=O)N(c3ccc(Cl)cc3Cl)C2=O)o1. The largest absolute Gasteiger partial charge is 0.441 e. The number of imide groups is 2. The number of halogens is 2. The third kappa shape index (κ3) is 3.76. The fraction of sp³-hybridized carbons (Fsp3) is 0.211. The molecule has 4 amide bonds. The molecule has 0 saturated carbocycles. The van der Waals surface area contributed by atoms with Gasteiger partial charge in [-0.05, 0) is 44.2 Å². The van der Waals surface area contributed by atoms with E-state index in [0.29, 0.717) is 16.7 Å². The molecule has 0 aliphatic carbocycles. The van der Waals surface area contributed by atoms with Gasteiger partial charge in [0.05, 0.1) is 10.7 Å². The maximum atomic E-state index is 12.9. The fourth-order valence-electron chi connectivity index (χ4n) is 2.81. The normalized spacial score (nSPS) is 15.9. The summed E-state index contributed by atoms with van der Waals surface area (Å²) in [7, 11) is 0. The second kappa shape index (κ2) is 8.08. The first-order valence-corrected chi connectivity index (χ1v) is 9.32. The summed E-state index contributed by atoms with van der Waals surface area (Å²) in [6.07, 6.45) is 1.30. The van der Waals surface area contributed by atoms with Crippen LogP contribution in [0, 0.1) is 0 Å². The van der Waals surface area contributed by atoms with Crippen LogP contribution in [-0.2, 0) is 9.59 Å². The molecule has 2 aromatic rings. The number of anilines is 2. The smallest absolute Gasteiger partial charge is 0.335 e. The molecule has 146 valence electrons. The van der Waals surface area contributed by atoms with Crippen molar-refractivity contribution in [2.45, 2.75) is 13.8 Å². The minimum Gasteiger partial charge on any atom is -0.441 e. The van der Waals surface area contributed by atoms with Crippen molar-refractivity contribution in [1.29, 1.82) is 0 Å². The summed E-state index contributed by atoms with van der Waals surface area (Å²) in [5.41, 5.74) is -0.124. The Bertz CT molecular complexity index is 979. The monoisotopic (exact) mass is 421 g/mol. The molecule has 0 spiro atoms. The molecule has 3 rings (SSSR count). The van der Waals surface area contributed by atoms with Gasteiger partial charge in [0.15, 0.2) is 5.88 Å². The molecule has 0 unspecified atom stereocenters. The Morgan fingerprint density at radius 2 is 1.82 bits per heavy atom. The number of benzene rings is 1. The Hall–Kier alpha value is -2.77. The molecule has 7 nitrogen and oxygen atoms in total. The summed E-state index contributed by atoms with van der Waals surface area (Å²) in [4.78, 5) is 40.1. The molecule has 1 aliphatic heterocycles. The molecular formula is C19H17Cl2N3O4. The average molecular weight is 422 g/mol. The molecule has 1 aromatic heterocycles. The predicted molar refractivity (Wildman–Crippen MR) is 108 cm³/mol. The number of hydrogen-bond donors (Lipinski definition) is 1. The van der Waals surface area contributed by atoms with E-state index in [2.05, 4.69) is 5.32 Å². The molecule has 1 fully saturated rings. The van der Waals surface area contributed by atoms with Crippen molar-refractivity contribution in [2.24, 2.45) is 0 Å². The molecule has 1 aliphatic rings. The number of hydrogen-bond acceptors (Lipinski definition) is 5. The van der Waals surface area contributed by atoms with E-state index >= 15 is 0 Å². The van der Waals surface area contributed by atoms with Crippen molar-refractivity contribution < 1.29 is 18.8 Å². The third-order valence-corrected chi connectivity index (χ3v) is 4.76. The molecule has 0 radical (unpaired) electrons. The lowest BCUT2D eigenvalue weighted by Gasteiger charge is -2.26. The molecule has 1 saturated heterocycles. The van der Waals surface area contributed by atoms with Crippen molar-refractivity contribution >= 4 is 58.7 Å². The first-order valence-electron chi connectivity index (χ1n) is 8.57. The van der Waals surface area contributed by atoms with E-state index in [1.54, 1.807) is 12.1 Å². The quantitative estimate of drug-likeness (QED) is 0.580. The maximum absolute atomic E-state index is 12.9. The Labute approximate surface area is 171 Å². The van der Waals surface area contributed by atoms with Gasteiger partial charge in [-0.3, -0.25) is 14.9 Å². The van der Waals surface area contributed by atoms with Crippen molar-refractivity contribution in [3.63, 3.8) is 0 Å². The summed E-state index contributed by atoms with van der Waals surface area (Å²) < 4.78 is 5.70. The highest BCUT2D eigenvalue weighted by Crippen LogP contribution is 2.31. The second-order valence-corrected chi connectivity index (χ2v) is 6.75. The van der Waals surface area contributed by atoms with Gasteiger partial charge in [-0.15, -0.1) is 0 Å². The number of furan rings is 1. The highest BCUT2D eigenvalue weighted by atomic mass is 35.5. The Morgan fingerprint density at radius 3 is 2.46 bits per heavy atom. The van der Waals surface area contributed by atoms with Crippen LogP contribution in [0.15, 0.2) is 40.3 Å². The minimum atomic E-state index is -0.889.